The van der Waals surface area contributed by atoms with Crippen molar-refractivity contribution in [2.75, 3.05) is 13.2 Å². The van der Waals surface area contributed by atoms with E-state index >= 15 is 0 Å². The van der Waals surface area contributed by atoms with E-state index in [1.807, 2.05) is 48.5 Å². The van der Waals surface area contributed by atoms with Gasteiger partial charge in [-0.3, -0.25) is 9.36 Å². The lowest BCUT2D eigenvalue weighted by atomic mass is 10.0. The molecule has 2 aromatic rings. The lowest BCUT2D eigenvalue weighted by Crippen LogP contribution is -2.12. The van der Waals surface area contributed by atoms with Gasteiger partial charge in [0.25, 0.3) is 0 Å². The van der Waals surface area contributed by atoms with Gasteiger partial charge in [0.05, 0.1) is 18.9 Å². The van der Waals surface area contributed by atoms with Crippen LogP contribution in [0.3, 0.4) is 0 Å². The Balaban J connectivity index is 2.36. The molecule has 2 aromatic carbocycles. The zero-order valence-electron chi connectivity index (χ0n) is 14.1. The van der Waals surface area contributed by atoms with Gasteiger partial charge < -0.3 is 9.05 Å². The zero-order valence-corrected chi connectivity index (χ0v) is 14.9. The first-order valence-electron chi connectivity index (χ1n) is 8.12. The molecular formula is C19H23O4P. The van der Waals surface area contributed by atoms with E-state index in [-0.39, 0.29) is 25.4 Å². The molecule has 2 rings (SSSR count). The Hall–Kier alpha value is -1.74. The Morgan fingerprint density at radius 2 is 1.42 bits per heavy atom. The maximum absolute atomic E-state index is 13.3. The van der Waals surface area contributed by atoms with Crippen LogP contribution in [0.25, 0.3) is 0 Å². The van der Waals surface area contributed by atoms with E-state index in [1.165, 1.54) is 0 Å². The normalized spacial score (nSPS) is 12.8. The van der Waals surface area contributed by atoms with Gasteiger partial charge in [-0.2, -0.15) is 0 Å². The molecule has 0 aliphatic carbocycles. The molecule has 0 fully saturated rings. The van der Waals surface area contributed by atoms with Gasteiger partial charge in [0.15, 0.2) is 5.78 Å². The van der Waals surface area contributed by atoms with Gasteiger partial charge >= 0.3 is 7.60 Å². The first kappa shape index (κ1) is 18.6. The number of hydrogen-bond acceptors (Lipinski definition) is 4. The smallest absolute Gasteiger partial charge is 0.308 e. The summed E-state index contributed by atoms with van der Waals surface area (Å²) in [7, 11) is -3.45. The minimum atomic E-state index is -3.45. The number of Topliss-reactive ketones (excluding diaryl/α,β-unsaturated/α-hetero) is 1. The van der Waals surface area contributed by atoms with Crippen molar-refractivity contribution in [3.05, 3.63) is 71.8 Å². The summed E-state index contributed by atoms with van der Waals surface area (Å²) in [5.41, 5.74) is 0.760. The van der Waals surface area contributed by atoms with Crippen LogP contribution in [0.15, 0.2) is 60.7 Å². The Bertz CT molecular complexity index is 675. The molecule has 0 radical (unpaired) electrons. The molecule has 0 aliphatic heterocycles. The summed E-state index contributed by atoms with van der Waals surface area (Å²) in [4.78, 5) is 12.7. The third-order valence-corrected chi connectivity index (χ3v) is 6.14. The summed E-state index contributed by atoms with van der Waals surface area (Å²) in [6.45, 7) is 4.07. The largest absolute Gasteiger partial charge is 0.338 e. The average Bonchev–Trinajstić information content (AvgIpc) is 2.61. The van der Waals surface area contributed by atoms with Crippen LogP contribution in [0.5, 0.6) is 0 Å². The summed E-state index contributed by atoms with van der Waals surface area (Å²) >= 11 is 0. The molecule has 0 aliphatic rings. The summed E-state index contributed by atoms with van der Waals surface area (Å²) in [5, 5.41) is 0. The van der Waals surface area contributed by atoms with E-state index in [4.69, 9.17) is 9.05 Å². The maximum atomic E-state index is 13.3. The van der Waals surface area contributed by atoms with Crippen molar-refractivity contribution in [1.29, 1.82) is 0 Å². The number of carbonyl (C=O) groups is 1. The predicted molar refractivity (Wildman–Crippen MR) is 95.4 cm³/mol. The van der Waals surface area contributed by atoms with Crippen LogP contribution in [0.1, 0.15) is 41.8 Å². The van der Waals surface area contributed by atoms with E-state index in [2.05, 4.69) is 0 Å². The molecule has 0 spiro atoms. The van der Waals surface area contributed by atoms with Gasteiger partial charge in [-0.25, -0.2) is 0 Å². The molecule has 0 bridgehead atoms. The average molecular weight is 346 g/mol. The van der Waals surface area contributed by atoms with E-state index in [1.54, 1.807) is 26.0 Å². The second-order valence-corrected chi connectivity index (χ2v) is 7.51. The molecule has 0 aromatic heterocycles. The highest BCUT2D eigenvalue weighted by molar-refractivity contribution is 7.54. The Kier molecular flexibility index (Phi) is 6.92. The van der Waals surface area contributed by atoms with E-state index < -0.39 is 13.3 Å². The SMILES string of the molecule is CCOP(=O)(OCC)[C@@H](CC(=O)c1ccccc1)c1ccccc1. The predicted octanol–water partition coefficient (Wildman–Crippen LogP) is 5.27. The van der Waals surface area contributed by atoms with Gasteiger partial charge in [-0.1, -0.05) is 60.7 Å². The van der Waals surface area contributed by atoms with Gasteiger partial charge in [-0.05, 0) is 19.4 Å². The molecule has 0 saturated carbocycles. The Morgan fingerprint density at radius 3 is 1.92 bits per heavy atom. The monoisotopic (exact) mass is 346 g/mol. The lowest BCUT2D eigenvalue weighted by molar-refractivity contribution is 0.0973. The maximum Gasteiger partial charge on any atom is 0.338 e. The lowest BCUT2D eigenvalue weighted by Gasteiger charge is -2.26. The zero-order chi connectivity index (χ0) is 17.4. The van der Waals surface area contributed by atoms with Crippen molar-refractivity contribution in [3.63, 3.8) is 0 Å². The van der Waals surface area contributed by atoms with Crippen molar-refractivity contribution in [3.8, 4) is 0 Å². The van der Waals surface area contributed by atoms with Crippen LogP contribution < -0.4 is 0 Å². The standard InChI is InChI=1S/C19H23O4P/c1-3-22-24(21,23-4-2)19(17-13-9-6-10-14-17)15-18(20)16-11-7-5-8-12-16/h5-14,19H,3-4,15H2,1-2H3/t19-/m0/s1. The Labute approximate surface area is 143 Å². The highest BCUT2D eigenvalue weighted by atomic mass is 31.2. The van der Waals surface area contributed by atoms with E-state index in [0.29, 0.717) is 5.56 Å². The van der Waals surface area contributed by atoms with Gasteiger partial charge in [0, 0.05) is 12.0 Å². The van der Waals surface area contributed by atoms with Crippen LogP contribution >= 0.6 is 7.60 Å². The molecule has 24 heavy (non-hydrogen) atoms. The third-order valence-electron chi connectivity index (χ3n) is 3.66. The van der Waals surface area contributed by atoms with Crippen LogP contribution in [0, 0.1) is 0 Å². The van der Waals surface area contributed by atoms with Crippen molar-refractivity contribution >= 4 is 13.4 Å². The van der Waals surface area contributed by atoms with Gasteiger partial charge in [0.1, 0.15) is 0 Å². The van der Waals surface area contributed by atoms with Crippen LogP contribution in [0.4, 0.5) is 0 Å². The summed E-state index contributed by atoms with van der Waals surface area (Å²) in [5.74, 6) is -0.0796. The highest BCUT2D eigenvalue weighted by Gasteiger charge is 2.38. The molecule has 4 nitrogen and oxygen atoms in total. The number of benzene rings is 2. The fourth-order valence-corrected chi connectivity index (χ4v) is 4.66. The molecule has 0 N–H and O–H groups in total. The summed E-state index contributed by atoms with van der Waals surface area (Å²) < 4.78 is 24.3. The van der Waals surface area contributed by atoms with Crippen LogP contribution in [-0.4, -0.2) is 19.0 Å². The fraction of sp³-hybridized carbons (Fsp3) is 0.316. The first-order valence-corrected chi connectivity index (χ1v) is 9.74. The minimum absolute atomic E-state index is 0.0747. The van der Waals surface area contributed by atoms with Crippen molar-refractivity contribution < 1.29 is 18.4 Å². The van der Waals surface area contributed by atoms with Crippen molar-refractivity contribution in [1.82, 2.24) is 0 Å². The highest BCUT2D eigenvalue weighted by Crippen LogP contribution is 2.62. The van der Waals surface area contributed by atoms with Gasteiger partial charge in [-0.15, -0.1) is 0 Å². The second kappa shape index (κ2) is 8.93. The molecule has 128 valence electrons. The number of rotatable bonds is 9. The van der Waals surface area contributed by atoms with Crippen LogP contribution in [0.2, 0.25) is 0 Å². The summed E-state index contributed by atoms with van der Waals surface area (Å²) in [6, 6.07) is 18.3. The number of hydrogen-bond donors (Lipinski definition) is 0. The molecular weight excluding hydrogens is 323 g/mol. The van der Waals surface area contributed by atoms with Crippen molar-refractivity contribution in [2.24, 2.45) is 0 Å². The van der Waals surface area contributed by atoms with Gasteiger partial charge in [0.2, 0.25) is 0 Å². The third kappa shape index (κ3) is 4.64. The molecule has 5 heteroatoms. The van der Waals surface area contributed by atoms with E-state index in [0.717, 1.165) is 5.56 Å². The van der Waals surface area contributed by atoms with Crippen LogP contribution in [-0.2, 0) is 13.6 Å². The molecule has 0 saturated heterocycles. The quantitative estimate of drug-likeness (QED) is 0.459. The van der Waals surface area contributed by atoms with Crippen molar-refractivity contribution in [2.45, 2.75) is 25.9 Å². The first-order chi connectivity index (χ1) is 11.6. The molecule has 1 atom stereocenters. The topological polar surface area (TPSA) is 52.6 Å². The second-order valence-electron chi connectivity index (χ2n) is 5.30. The Morgan fingerprint density at radius 1 is 0.917 bits per heavy atom. The molecule has 0 amide bonds. The molecule has 0 unspecified atom stereocenters. The minimum Gasteiger partial charge on any atom is -0.308 e. The number of ketones is 1. The number of carbonyl (C=O) groups excluding carboxylic acids is 1. The fourth-order valence-electron chi connectivity index (χ4n) is 2.58. The summed E-state index contributed by atoms with van der Waals surface area (Å²) in [6.07, 6.45) is 0.0747. The van der Waals surface area contributed by atoms with E-state index in [9.17, 15) is 9.36 Å². The molecule has 0 heterocycles.